The van der Waals surface area contributed by atoms with Crippen LogP contribution in [-0.4, -0.2) is 23.5 Å². The number of carbonyl (C=O) groups excluding carboxylic acids is 1. The number of amides is 1. The molecule has 2 atom stereocenters. The molecule has 134 valence electrons. The van der Waals surface area contributed by atoms with Gasteiger partial charge in [-0.1, -0.05) is 31.9 Å². The first-order chi connectivity index (χ1) is 11.4. The number of thioether (sulfide) groups is 1. The van der Waals surface area contributed by atoms with Crippen LogP contribution in [0.5, 0.6) is 0 Å². The summed E-state index contributed by atoms with van der Waals surface area (Å²) in [5.74, 6) is 1.56. The van der Waals surface area contributed by atoms with E-state index in [0.717, 1.165) is 18.6 Å². The van der Waals surface area contributed by atoms with Crippen LogP contribution < -0.4 is 5.32 Å². The standard InChI is InChI=1S/C20H31NO2S/c1-5-15-10-12-17(13-11-15)24-14-16-8-6-7-9-18(16)21-19(22)23-20(2,3)4/h10-13,16,18H,5-9,14H2,1-4H3,(H,21,22)/t16-,18-/m0/s1. The van der Waals surface area contributed by atoms with Crippen LogP contribution in [0.2, 0.25) is 0 Å². The summed E-state index contributed by atoms with van der Waals surface area (Å²) >= 11 is 1.90. The van der Waals surface area contributed by atoms with Crippen molar-refractivity contribution in [3.05, 3.63) is 29.8 Å². The number of benzene rings is 1. The summed E-state index contributed by atoms with van der Waals surface area (Å²) in [4.78, 5) is 13.4. The van der Waals surface area contributed by atoms with E-state index in [0.29, 0.717) is 5.92 Å². The molecule has 3 nitrogen and oxygen atoms in total. The molecular weight excluding hydrogens is 318 g/mol. The largest absolute Gasteiger partial charge is 0.444 e. The molecule has 0 aromatic heterocycles. The average molecular weight is 350 g/mol. The molecule has 1 saturated carbocycles. The van der Waals surface area contributed by atoms with Crippen molar-refractivity contribution in [3.8, 4) is 0 Å². The topological polar surface area (TPSA) is 38.3 Å². The first kappa shape index (κ1) is 19.2. The van der Waals surface area contributed by atoms with Gasteiger partial charge in [0.1, 0.15) is 5.60 Å². The zero-order valence-electron chi connectivity index (χ0n) is 15.4. The predicted octanol–water partition coefficient (Wildman–Crippen LogP) is 5.42. The SMILES string of the molecule is CCc1ccc(SC[C@@H]2CCCC[C@@H]2NC(=O)OC(C)(C)C)cc1. The van der Waals surface area contributed by atoms with Crippen molar-refractivity contribution in [3.63, 3.8) is 0 Å². The highest BCUT2D eigenvalue weighted by atomic mass is 32.2. The van der Waals surface area contributed by atoms with Gasteiger partial charge in [-0.3, -0.25) is 0 Å². The fourth-order valence-corrected chi connectivity index (χ4v) is 4.21. The molecule has 24 heavy (non-hydrogen) atoms. The van der Waals surface area contributed by atoms with Gasteiger partial charge in [0, 0.05) is 16.7 Å². The number of alkyl carbamates (subject to hydrolysis) is 1. The van der Waals surface area contributed by atoms with Gasteiger partial charge in [-0.15, -0.1) is 11.8 Å². The maximum atomic E-state index is 12.1. The van der Waals surface area contributed by atoms with Crippen LogP contribution in [0.15, 0.2) is 29.2 Å². The number of nitrogens with one attached hydrogen (secondary N) is 1. The molecule has 1 fully saturated rings. The lowest BCUT2D eigenvalue weighted by Crippen LogP contribution is -2.45. The Morgan fingerprint density at radius 2 is 1.88 bits per heavy atom. The molecule has 0 heterocycles. The van der Waals surface area contributed by atoms with Gasteiger partial charge in [-0.2, -0.15) is 0 Å². The maximum Gasteiger partial charge on any atom is 0.407 e. The summed E-state index contributed by atoms with van der Waals surface area (Å²) in [6.07, 6.45) is 5.48. The van der Waals surface area contributed by atoms with E-state index in [2.05, 4.69) is 36.5 Å². The second kappa shape index (κ2) is 8.80. The molecular formula is C20H31NO2S. The number of carbonyl (C=O) groups is 1. The Bertz CT molecular complexity index is 521. The minimum Gasteiger partial charge on any atom is -0.444 e. The molecule has 0 saturated heterocycles. The van der Waals surface area contributed by atoms with E-state index in [4.69, 9.17) is 4.74 Å². The van der Waals surface area contributed by atoms with Gasteiger partial charge in [0.2, 0.25) is 0 Å². The zero-order valence-corrected chi connectivity index (χ0v) is 16.2. The van der Waals surface area contributed by atoms with Crippen LogP contribution >= 0.6 is 11.8 Å². The Morgan fingerprint density at radius 3 is 2.50 bits per heavy atom. The van der Waals surface area contributed by atoms with E-state index in [1.165, 1.54) is 29.7 Å². The van der Waals surface area contributed by atoms with Gasteiger partial charge in [-0.05, 0) is 63.6 Å². The lowest BCUT2D eigenvalue weighted by molar-refractivity contribution is 0.0474. The summed E-state index contributed by atoms with van der Waals surface area (Å²) in [6.45, 7) is 7.89. The molecule has 1 amide bonds. The normalized spacial score (nSPS) is 21.3. The van der Waals surface area contributed by atoms with E-state index >= 15 is 0 Å². The molecule has 1 aliphatic rings. The number of hydrogen-bond acceptors (Lipinski definition) is 3. The monoisotopic (exact) mass is 349 g/mol. The first-order valence-corrected chi connectivity index (χ1v) is 10.1. The van der Waals surface area contributed by atoms with Crippen molar-refractivity contribution in [2.45, 2.75) is 76.3 Å². The van der Waals surface area contributed by atoms with Gasteiger partial charge in [0.15, 0.2) is 0 Å². The molecule has 0 unspecified atom stereocenters. The number of hydrogen-bond donors (Lipinski definition) is 1. The Kier molecular flexibility index (Phi) is 7.02. The summed E-state index contributed by atoms with van der Waals surface area (Å²) in [5, 5.41) is 3.11. The molecule has 4 heteroatoms. The van der Waals surface area contributed by atoms with Crippen molar-refractivity contribution < 1.29 is 9.53 Å². The highest BCUT2D eigenvalue weighted by Crippen LogP contribution is 2.31. The maximum absolute atomic E-state index is 12.1. The molecule has 1 aliphatic carbocycles. The van der Waals surface area contributed by atoms with Crippen molar-refractivity contribution >= 4 is 17.9 Å². The fraction of sp³-hybridized carbons (Fsp3) is 0.650. The minimum absolute atomic E-state index is 0.232. The fourth-order valence-electron chi connectivity index (χ4n) is 3.08. The van der Waals surface area contributed by atoms with Gasteiger partial charge in [0.05, 0.1) is 0 Å². The van der Waals surface area contributed by atoms with Gasteiger partial charge >= 0.3 is 6.09 Å². The van der Waals surface area contributed by atoms with Crippen LogP contribution in [0.25, 0.3) is 0 Å². The molecule has 1 aromatic rings. The minimum atomic E-state index is -0.440. The second-order valence-electron chi connectivity index (χ2n) is 7.61. The van der Waals surface area contributed by atoms with Crippen molar-refractivity contribution in [1.29, 1.82) is 0 Å². The van der Waals surface area contributed by atoms with Crippen LogP contribution in [0, 0.1) is 5.92 Å². The lowest BCUT2D eigenvalue weighted by atomic mass is 9.86. The molecule has 0 bridgehead atoms. The zero-order chi connectivity index (χ0) is 17.6. The van der Waals surface area contributed by atoms with Gasteiger partial charge in [-0.25, -0.2) is 4.79 Å². The van der Waals surface area contributed by atoms with Crippen molar-refractivity contribution in [2.24, 2.45) is 5.92 Å². The van der Waals surface area contributed by atoms with Crippen LogP contribution in [0.4, 0.5) is 4.79 Å². The third kappa shape index (κ3) is 6.39. The van der Waals surface area contributed by atoms with E-state index in [9.17, 15) is 4.79 Å². The number of rotatable bonds is 5. The summed E-state index contributed by atoms with van der Waals surface area (Å²) in [7, 11) is 0. The molecule has 0 aliphatic heterocycles. The molecule has 1 aromatic carbocycles. The van der Waals surface area contributed by atoms with Crippen LogP contribution in [-0.2, 0) is 11.2 Å². The third-order valence-electron chi connectivity index (χ3n) is 4.41. The highest BCUT2D eigenvalue weighted by Gasteiger charge is 2.28. The highest BCUT2D eigenvalue weighted by molar-refractivity contribution is 7.99. The van der Waals surface area contributed by atoms with Gasteiger partial charge in [0.25, 0.3) is 0 Å². The van der Waals surface area contributed by atoms with E-state index in [1.807, 2.05) is 32.5 Å². The van der Waals surface area contributed by atoms with Crippen LogP contribution in [0.3, 0.4) is 0 Å². The Morgan fingerprint density at radius 1 is 1.21 bits per heavy atom. The summed E-state index contributed by atoms with van der Waals surface area (Å²) in [6, 6.07) is 9.07. The van der Waals surface area contributed by atoms with Crippen LogP contribution in [0.1, 0.15) is 58.9 Å². The van der Waals surface area contributed by atoms with Crippen molar-refractivity contribution in [1.82, 2.24) is 5.32 Å². The van der Waals surface area contributed by atoms with E-state index < -0.39 is 5.60 Å². The average Bonchev–Trinajstić information content (AvgIpc) is 2.53. The quantitative estimate of drug-likeness (QED) is 0.721. The van der Waals surface area contributed by atoms with Crippen molar-refractivity contribution in [2.75, 3.05) is 5.75 Å². The smallest absolute Gasteiger partial charge is 0.407 e. The predicted molar refractivity (Wildman–Crippen MR) is 102 cm³/mol. The molecule has 1 N–H and O–H groups in total. The Balaban J connectivity index is 1.87. The van der Waals surface area contributed by atoms with E-state index in [1.54, 1.807) is 0 Å². The van der Waals surface area contributed by atoms with Gasteiger partial charge < -0.3 is 10.1 Å². The van der Waals surface area contributed by atoms with E-state index in [-0.39, 0.29) is 12.1 Å². The third-order valence-corrected chi connectivity index (χ3v) is 5.61. The first-order valence-electron chi connectivity index (χ1n) is 9.08. The number of ether oxygens (including phenoxy) is 1. The molecule has 0 spiro atoms. The molecule has 0 radical (unpaired) electrons. The number of aryl methyl sites for hydroxylation is 1. The Labute approximate surface area is 150 Å². The Hall–Kier alpha value is -1.16. The second-order valence-corrected chi connectivity index (χ2v) is 8.70. The lowest BCUT2D eigenvalue weighted by Gasteiger charge is -2.32. The summed E-state index contributed by atoms with van der Waals surface area (Å²) in [5.41, 5.74) is 0.936. The summed E-state index contributed by atoms with van der Waals surface area (Å²) < 4.78 is 5.42. The molecule has 2 rings (SSSR count).